The van der Waals surface area contributed by atoms with Gasteiger partial charge in [-0.15, -0.1) is 0 Å². The van der Waals surface area contributed by atoms with Crippen LogP contribution in [0.4, 0.5) is 34.1 Å². The summed E-state index contributed by atoms with van der Waals surface area (Å²) in [5.74, 6) is 0. The summed E-state index contributed by atoms with van der Waals surface area (Å²) in [6.07, 6.45) is 1.85. The molecule has 0 atom stereocenters. The lowest BCUT2D eigenvalue weighted by atomic mass is 9.71. The topological polar surface area (TPSA) is 6.48 Å². The molecule has 10 aromatic carbocycles. The largest absolute Gasteiger partial charge is 0.309 e. The van der Waals surface area contributed by atoms with Crippen LogP contribution in [0.2, 0.25) is 0 Å². The van der Waals surface area contributed by atoms with Crippen LogP contribution >= 0.6 is 0 Å². The summed E-state index contributed by atoms with van der Waals surface area (Å²) in [4.78, 5) is 5.21. The van der Waals surface area contributed by atoms with E-state index >= 15 is 0 Å². The van der Waals surface area contributed by atoms with Gasteiger partial charge in [-0.2, -0.15) is 0 Å². The summed E-state index contributed by atoms with van der Waals surface area (Å²) in [5, 5.41) is 7.50. The van der Waals surface area contributed by atoms with E-state index < -0.39 is 0 Å². The molecule has 3 aliphatic rings. The maximum Gasteiger partial charge on any atom is 0.0546 e. The van der Waals surface area contributed by atoms with Crippen molar-refractivity contribution in [3.63, 3.8) is 0 Å². The fourth-order valence-corrected chi connectivity index (χ4v) is 13.1. The van der Waals surface area contributed by atoms with Gasteiger partial charge in [-0.1, -0.05) is 201 Å². The van der Waals surface area contributed by atoms with Gasteiger partial charge in [0.05, 0.1) is 22.7 Å². The molecule has 13 rings (SSSR count). The van der Waals surface area contributed by atoms with Crippen molar-refractivity contribution in [3.8, 4) is 22.3 Å². The average Bonchev–Trinajstić information content (AvgIpc) is 3.74. The zero-order valence-electron chi connectivity index (χ0n) is 41.1. The lowest BCUT2D eigenvalue weighted by molar-refractivity contribution is 0.620. The van der Waals surface area contributed by atoms with Gasteiger partial charge in [0.25, 0.3) is 0 Å². The van der Waals surface area contributed by atoms with Crippen LogP contribution in [0.25, 0.3) is 54.6 Å². The van der Waals surface area contributed by atoms with E-state index in [-0.39, 0.29) is 16.2 Å². The Hall–Kier alpha value is -7.42. The molecule has 0 radical (unpaired) electrons. The molecule has 1 aliphatic heterocycles. The van der Waals surface area contributed by atoms with Crippen LogP contribution < -0.4 is 9.80 Å². The molecule has 0 amide bonds. The standard InChI is InChI=1S/C67H58N2/c1-9-41-22-11-19-31-59(41)68(62-38-51-46-24-14-16-28-53(46)65(3,4)56(51)36-42(62)10-2)60-33-21-27-44-49(60)35-34-45-43-23-12-13-26-48(43)63(37-50(44)45)69-61-32-20-18-30-55(61)67(7,8)58-40-57-52(39-64(58)69)47-25-15-17-29-54(47)66(57,5)6/h11-40H,9-10H2,1-8H3. The van der Waals surface area contributed by atoms with E-state index in [1.807, 2.05) is 0 Å². The molecule has 2 aliphatic carbocycles. The molecular formula is C67H58N2. The van der Waals surface area contributed by atoms with Gasteiger partial charge < -0.3 is 9.80 Å². The maximum atomic E-state index is 2.61. The third-order valence-electron chi connectivity index (χ3n) is 16.8. The van der Waals surface area contributed by atoms with Gasteiger partial charge >= 0.3 is 0 Å². The number of hydrogen-bond donors (Lipinski definition) is 0. The number of para-hydroxylation sites is 2. The molecule has 0 unspecified atom stereocenters. The molecule has 0 fully saturated rings. The molecule has 0 N–H and O–H groups in total. The van der Waals surface area contributed by atoms with Crippen molar-refractivity contribution in [2.45, 2.75) is 84.5 Å². The SMILES string of the molecule is CCc1ccccc1N(c1cc2c(cc1CC)C(C)(C)c1ccccc1-2)c1cccc2c1ccc1c3ccccc3c(N3c4ccccc4C(C)(C)c4cc5c(cc43)-c3ccccc3C5(C)C)cc21. The van der Waals surface area contributed by atoms with E-state index in [4.69, 9.17) is 0 Å². The third kappa shape index (κ3) is 5.72. The molecule has 0 bridgehead atoms. The Morgan fingerprint density at radius 2 is 0.841 bits per heavy atom. The number of nitrogens with zero attached hydrogens (tertiary/aromatic N) is 2. The predicted octanol–water partition coefficient (Wildman–Crippen LogP) is 18.5. The molecule has 0 aromatic heterocycles. The summed E-state index contributed by atoms with van der Waals surface area (Å²) in [6.45, 7) is 19.0. The van der Waals surface area contributed by atoms with Gasteiger partial charge in [0.2, 0.25) is 0 Å². The van der Waals surface area contributed by atoms with Crippen molar-refractivity contribution in [1.82, 2.24) is 0 Å². The Morgan fingerprint density at radius 1 is 0.319 bits per heavy atom. The van der Waals surface area contributed by atoms with E-state index in [1.54, 1.807) is 0 Å². The predicted molar refractivity (Wildman–Crippen MR) is 294 cm³/mol. The van der Waals surface area contributed by atoms with Crippen molar-refractivity contribution >= 4 is 66.4 Å². The van der Waals surface area contributed by atoms with Crippen molar-refractivity contribution in [1.29, 1.82) is 0 Å². The van der Waals surface area contributed by atoms with Gasteiger partial charge in [0.15, 0.2) is 0 Å². The highest BCUT2D eigenvalue weighted by Crippen LogP contribution is 2.59. The second-order valence-electron chi connectivity index (χ2n) is 21.4. The average molecular weight is 891 g/mol. The first-order chi connectivity index (χ1) is 33.4. The quantitative estimate of drug-likeness (QED) is 0.154. The van der Waals surface area contributed by atoms with Crippen LogP contribution in [0, 0.1) is 0 Å². The Kier molecular flexibility index (Phi) is 8.95. The summed E-state index contributed by atoms with van der Waals surface area (Å²) in [7, 11) is 0. The normalized spacial score (nSPS) is 15.4. The zero-order chi connectivity index (χ0) is 47.1. The van der Waals surface area contributed by atoms with Gasteiger partial charge in [-0.05, 0) is 138 Å². The van der Waals surface area contributed by atoms with E-state index in [0.29, 0.717) is 0 Å². The van der Waals surface area contributed by atoms with Crippen molar-refractivity contribution in [2.75, 3.05) is 9.80 Å². The molecule has 69 heavy (non-hydrogen) atoms. The van der Waals surface area contributed by atoms with Crippen LogP contribution in [0.5, 0.6) is 0 Å². The minimum absolute atomic E-state index is 0.0777. The van der Waals surface area contributed by atoms with E-state index in [2.05, 4.69) is 247 Å². The Labute approximate surface area is 407 Å². The van der Waals surface area contributed by atoms with Crippen LogP contribution in [-0.4, -0.2) is 0 Å². The van der Waals surface area contributed by atoms with Crippen LogP contribution in [0.1, 0.15) is 99.9 Å². The summed E-state index contributed by atoms with van der Waals surface area (Å²) >= 11 is 0. The smallest absolute Gasteiger partial charge is 0.0546 e. The summed E-state index contributed by atoms with van der Waals surface area (Å²) < 4.78 is 0. The maximum absolute atomic E-state index is 2.61. The van der Waals surface area contributed by atoms with Crippen molar-refractivity contribution in [3.05, 3.63) is 226 Å². The third-order valence-corrected chi connectivity index (χ3v) is 16.8. The van der Waals surface area contributed by atoms with Gasteiger partial charge in [0.1, 0.15) is 0 Å². The molecule has 1 heterocycles. The van der Waals surface area contributed by atoms with Crippen molar-refractivity contribution < 1.29 is 0 Å². The number of anilines is 6. The minimum atomic E-state index is -0.221. The van der Waals surface area contributed by atoms with Gasteiger partial charge in [-0.25, -0.2) is 0 Å². The highest BCUT2D eigenvalue weighted by Gasteiger charge is 2.43. The molecule has 0 spiro atoms. The number of fused-ring (bicyclic) bond motifs is 13. The first-order valence-electron chi connectivity index (χ1n) is 25.1. The molecule has 0 saturated heterocycles. The van der Waals surface area contributed by atoms with Gasteiger partial charge in [0, 0.05) is 38.4 Å². The fraction of sp³-hybridized carbons (Fsp3) is 0.194. The first kappa shape index (κ1) is 41.7. The molecular weight excluding hydrogens is 833 g/mol. The van der Waals surface area contributed by atoms with E-state index in [1.165, 1.54) is 133 Å². The lowest BCUT2D eigenvalue weighted by Gasteiger charge is -2.43. The first-order valence-corrected chi connectivity index (χ1v) is 25.1. The Bertz CT molecular complexity index is 3810. The number of hydrogen-bond acceptors (Lipinski definition) is 2. The lowest BCUT2D eigenvalue weighted by Crippen LogP contribution is -2.31. The molecule has 2 heteroatoms. The van der Waals surface area contributed by atoms with E-state index in [9.17, 15) is 0 Å². The molecule has 336 valence electrons. The molecule has 10 aromatic rings. The van der Waals surface area contributed by atoms with Gasteiger partial charge in [-0.3, -0.25) is 0 Å². The van der Waals surface area contributed by atoms with Crippen LogP contribution in [-0.2, 0) is 29.1 Å². The second kappa shape index (κ2) is 14.8. The minimum Gasteiger partial charge on any atom is -0.309 e. The number of rotatable bonds is 6. The molecule has 2 nitrogen and oxygen atoms in total. The highest BCUT2D eigenvalue weighted by atomic mass is 15.2. The van der Waals surface area contributed by atoms with Crippen molar-refractivity contribution in [2.24, 2.45) is 0 Å². The van der Waals surface area contributed by atoms with E-state index in [0.717, 1.165) is 12.8 Å². The monoisotopic (exact) mass is 890 g/mol. The molecule has 0 saturated carbocycles. The Balaban J connectivity index is 1.09. The van der Waals surface area contributed by atoms with Crippen LogP contribution in [0.3, 0.4) is 0 Å². The highest BCUT2D eigenvalue weighted by molar-refractivity contribution is 6.23. The number of benzene rings is 10. The summed E-state index contributed by atoms with van der Waals surface area (Å²) in [5.41, 5.74) is 23.3. The Morgan fingerprint density at radius 3 is 1.57 bits per heavy atom. The fourth-order valence-electron chi connectivity index (χ4n) is 13.1. The zero-order valence-corrected chi connectivity index (χ0v) is 41.1. The van der Waals surface area contributed by atoms with Crippen LogP contribution in [0.15, 0.2) is 182 Å². The summed E-state index contributed by atoms with van der Waals surface area (Å²) in [6, 6.07) is 69.8. The number of aryl methyl sites for hydroxylation is 2. The second-order valence-corrected chi connectivity index (χ2v) is 21.4.